The number of aliphatic carboxylic acids is 1. The Morgan fingerprint density at radius 2 is 1.39 bits per heavy atom. The number of rotatable bonds is 13. The molecule has 0 spiro atoms. The molecule has 0 bridgehead atoms. The molecule has 0 unspecified atom stereocenters. The van der Waals surface area contributed by atoms with Gasteiger partial charge in [-0.15, -0.1) is 0 Å². The summed E-state index contributed by atoms with van der Waals surface area (Å²) < 4.78 is 0. The Hall–Kier alpha value is -0.570. The Morgan fingerprint density at radius 1 is 0.889 bits per heavy atom. The van der Waals surface area contributed by atoms with Gasteiger partial charge in [0, 0.05) is 6.42 Å². The fourth-order valence-corrected chi connectivity index (χ4v) is 2.14. The number of carboxylic acids is 1. The second-order valence-electron chi connectivity index (χ2n) is 5.20. The summed E-state index contributed by atoms with van der Waals surface area (Å²) in [6, 6.07) is 0. The van der Waals surface area contributed by atoms with Crippen molar-refractivity contribution < 1.29 is 15.0 Å². The normalized spacial score (nSPS) is 12.6. The SMILES string of the molecule is CCCCCCCCC[C@H](O)CCCCC(=O)O. The van der Waals surface area contributed by atoms with Crippen LogP contribution < -0.4 is 0 Å². The fourth-order valence-electron chi connectivity index (χ4n) is 2.14. The largest absolute Gasteiger partial charge is 0.481 e. The first-order valence-corrected chi connectivity index (χ1v) is 7.56. The summed E-state index contributed by atoms with van der Waals surface area (Å²) in [4.78, 5) is 10.3. The molecule has 3 nitrogen and oxygen atoms in total. The van der Waals surface area contributed by atoms with Crippen LogP contribution in [0.2, 0.25) is 0 Å². The van der Waals surface area contributed by atoms with Crippen molar-refractivity contribution in [1.29, 1.82) is 0 Å². The molecule has 2 N–H and O–H groups in total. The number of carbonyl (C=O) groups is 1. The maximum atomic E-state index is 10.3. The summed E-state index contributed by atoms with van der Waals surface area (Å²) in [5.41, 5.74) is 0. The quantitative estimate of drug-likeness (QED) is 0.488. The zero-order chi connectivity index (χ0) is 13.6. The first-order valence-electron chi connectivity index (χ1n) is 7.56. The molecule has 0 aliphatic heterocycles. The summed E-state index contributed by atoms with van der Waals surface area (Å²) in [5, 5.41) is 18.2. The molecule has 0 radical (unpaired) electrons. The van der Waals surface area contributed by atoms with Gasteiger partial charge < -0.3 is 10.2 Å². The smallest absolute Gasteiger partial charge is 0.303 e. The van der Waals surface area contributed by atoms with E-state index in [1.54, 1.807) is 0 Å². The molecule has 0 aliphatic carbocycles. The molecule has 0 aromatic carbocycles. The molecular weight excluding hydrogens is 228 g/mol. The molecule has 18 heavy (non-hydrogen) atoms. The van der Waals surface area contributed by atoms with Crippen LogP contribution in [0.15, 0.2) is 0 Å². The molecule has 0 heterocycles. The summed E-state index contributed by atoms with van der Waals surface area (Å²) in [7, 11) is 0. The highest BCUT2D eigenvalue weighted by atomic mass is 16.4. The third-order valence-electron chi connectivity index (χ3n) is 3.32. The van der Waals surface area contributed by atoms with E-state index < -0.39 is 5.97 Å². The highest BCUT2D eigenvalue weighted by Gasteiger charge is 2.04. The lowest BCUT2D eigenvalue weighted by Gasteiger charge is -2.09. The predicted molar refractivity (Wildman–Crippen MR) is 74.7 cm³/mol. The highest BCUT2D eigenvalue weighted by molar-refractivity contribution is 5.66. The number of hydrogen-bond acceptors (Lipinski definition) is 2. The van der Waals surface area contributed by atoms with E-state index in [9.17, 15) is 9.90 Å². The van der Waals surface area contributed by atoms with E-state index in [4.69, 9.17) is 5.11 Å². The summed E-state index contributed by atoms with van der Waals surface area (Å²) in [5.74, 6) is -0.739. The summed E-state index contributed by atoms with van der Waals surface area (Å²) in [6.07, 6.45) is 12.0. The average molecular weight is 258 g/mol. The molecule has 0 saturated heterocycles. The number of carboxylic acid groups (broad SMARTS) is 1. The van der Waals surface area contributed by atoms with Crippen LogP contribution in [0.4, 0.5) is 0 Å². The van der Waals surface area contributed by atoms with Crippen LogP contribution in [0.5, 0.6) is 0 Å². The minimum atomic E-state index is -0.739. The number of aliphatic hydroxyl groups excluding tert-OH is 1. The third-order valence-corrected chi connectivity index (χ3v) is 3.32. The van der Waals surface area contributed by atoms with Gasteiger partial charge in [-0.2, -0.15) is 0 Å². The molecule has 0 saturated carbocycles. The van der Waals surface area contributed by atoms with Crippen molar-refractivity contribution in [3.63, 3.8) is 0 Å². The molecule has 0 aromatic rings. The molecule has 0 aromatic heterocycles. The van der Waals surface area contributed by atoms with Crippen LogP contribution in [0.25, 0.3) is 0 Å². The van der Waals surface area contributed by atoms with Crippen molar-refractivity contribution in [2.24, 2.45) is 0 Å². The van der Waals surface area contributed by atoms with Gasteiger partial charge in [0.05, 0.1) is 6.10 Å². The topological polar surface area (TPSA) is 57.5 Å². The van der Waals surface area contributed by atoms with Gasteiger partial charge in [0.2, 0.25) is 0 Å². The van der Waals surface area contributed by atoms with Crippen molar-refractivity contribution in [2.75, 3.05) is 0 Å². The van der Waals surface area contributed by atoms with Gasteiger partial charge in [0.15, 0.2) is 0 Å². The lowest BCUT2D eigenvalue weighted by Crippen LogP contribution is -2.06. The van der Waals surface area contributed by atoms with Crippen LogP contribution in [0, 0.1) is 0 Å². The van der Waals surface area contributed by atoms with E-state index in [0.29, 0.717) is 6.42 Å². The number of unbranched alkanes of at least 4 members (excludes halogenated alkanes) is 7. The standard InChI is InChI=1S/C15H30O3/c1-2-3-4-5-6-7-8-11-14(16)12-9-10-13-15(17)18/h14,16H,2-13H2,1H3,(H,17,18)/t14-/m0/s1. The first kappa shape index (κ1) is 17.4. The average Bonchev–Trinajstić information content (AvgIpc) is 2.33. The molecule has 108 valence electrons. The first-order chi connectivity index (χ1) is 8.66. The van der Waals surface area contributed by atoms with Crippen molar-refractivity contribution >= 4 is 5.97 Å². The maximum Gasteiger partial charge on any atom is 0.303 e. The zero-order valence-electron chi connectivity index (χ0n) is 11.9. The van der Waals surface area contributed by atoms with Gasteiger partial charge in [0.25, 0.3) is 0 Å². The molecule has 0 amide bonds. The van der Waals surface area contributed by atoms with Gasteiger partial charge in [0.1, 0.15) is 0 Å². The minimum absolute atomic E-state index is 0.226. The monoisotopic (exact) mass is 258 g/mol. The second kappa shape index (κ2) is 12.9. The molecule has 3 heteroatoms. The highest BCUT2D eigenvalue weighted by Crippen LogP contribution is 2.13. The predicted octanol–water partition coefficient (Wildman–Crippen LogP) is 4.13. The third kappa shape index (κ3) is 13.5. The molecule has 1 atom stereocenters. The molecule has 0 rings (SSSR count). The fraction of sp³-hybridized carbons (Fsp3) is 0.933. The van der Waals surface area contributed by atoms with Crippen LogP contribution >= 0.6 is 0 Å². The van der Waals surface area contributed by atoms with Gasteiger partial charge in [-0.3, -0.25) is 4.79 Å². The zero-order valence-corrected chi connectivity index (χ0v) is 11.9. The van der Waals surface area contributed by atoms with Crippen LogP contribution in [0.1, 0.15) is 84.0 Å². The van der Waals surface area contributed by atoms with E-state index >= 15 is 0 Å². The molecule has 0 fully saturated rings. The van der Waals surface area contributed by atoms with E-state index in [1.807, 2.05) is 0 Å². The number of hydrogen-bond donors (Lipinski definition) is 2. The number of aliphatic hydroxyl groups is 1. The van der Waals surface area contributed by atoms with E-state index in [0.717, 1.165) is 25.7 Å². The minimum Gasteiger partial charge on any atom is -0.481 e. The van der Waals surface area contributed by atoms with Gasteiger partial charge in [-0.05, 0) is 19.3 Å². The van der Waals surface area contributed by atoms with Crippen molar-refractivity contribution in [3.8, 4) is 0 Å². The lowest BCUT2D eigenvalue weighted by molar-refractivity contribution is -0.137. The Kier molecular flexibility index (Phi) is 12.5. The van der Waals surface area contributed by atoms with E-state index in [1.165, 1.54) is 38.5 Å². The molecule has 0 aliphatic rings. The van der Waals surface area contributed by atoms with Gasteiger partial charge in [-0.1, -0.05) is 58.3 Å². The van der Waals surface area contributed by atoms with E-state index in [2.05, 4.69) is 6.92 Å². The van der Waals surface area contributed by atoms with Crippen molar-refractivity contribution in [1.82, 2.24) is 0 Å². The Balaban J connectivity index is 3.16. The van der Waals surface area contributed by atoms with Gasteiger partial charge >= 0.3 is 5.97 Å². The van der Waals surface area contributed by atoms with Gasteiger partial charge in [-0.25, -0.2) is 0 Å². The van der Waals surface area contributed by atoms with E-state index in [-0.39, 0.29) is 12.5 Å². The summed E-state index contributed by atoms with van der Waals surface area (Å²) in [6.45, 7) is 2.22. The van der Waals surface area contributed by atoms with Crippen LogP contribution in [0.3, 0.4) is 0 Å². The van der Waals surface area contributed by atoms with Crippen LogP contribution in [-0.2, 0) is 4.79 Å². The van der Waals surface area contributed by atoms with Crippen LogP contribution in [-0.4, -0.2) is 22.3 Å². The summed E-state index contributed by atoms with van der Waals surface area (Å²) >= 11 is 0. The maximum absolute atomic E-state index is 10.3. The second-order valence-corrected chi connectivity index (χ2v) is 5.20. The molecular formula is C15H30O3. The Morgan fingerprint density at radius 3 is 1.94 bits per heavy atom. The lowest BCUT2D eigenvalue weighted by atomic mass is 10.0. The Labute approximate surface area is 112 Å². The Bertz CT molecular complexity index is 192. The van der Waals surface area contributed by atoms with Crippen molar-refractivity contribution in [2.45, 2.75) is 90.1 Å². The van der Waals surface area contributed by atoms with Crippen molar-refractivity contribution in [3.05, 3.63) is 0 Å².